The van der Waals surface area contributed by atoms with Gasteiger partial charge < -0.3 is 5.73 Å². The lowest BCUT2D eigenvalue weighted by Gasteiger charge is -2.06. The van der Waals surface area contributed by atoms with Crippen molar-refractivity contribution in [2.45, 2.75) is 19.8 Å². The summed E-state index contributed by atoms with van der Waals surface area (Å²) in [5, 5.41) is 4.30. The molecule has 1 aromatic heterocycles. The number of hydrazone groups is 1. The number of nitrogens with one attached hydrogen (secondary N) is 2. The SMILES string of the molecule is CCC/C(=N\NC(=O)c1[nH+]c(Cl)c(Cl)c(N)c1Cl)c1ccccc1. The van der Waals surface area contributed by atoms with Crippen LogP contribution >= 0.6 is 34.8 Å². The van der Waals surface area contributed by atoms with Crippen LogP contribution in [-0.4, -0.2) is 11.6 Å². The zero-order chi connectivity index (χ0) is 17.7. The summed E-state index contributed by atoms with van der Waals surface area (Å²) in [4.78, 5) is 15.0. The number of rotatable bonds is 5. The number of carbonyl (C=O) groups is 1. The predicted octanol–water partition coefficient (Wildman–Crippen LogP) is 3.98. The van der Waals surface area contributed by atoms with Crippen LogP contribution in [0.4, 0.5) is 5.69 Å². The highest BCUT2D eigenvalue weighted by atomic mass is 35.5. The molecule has 0 aliphatic rings. The third-order valence-electron chi connectivity index (χ3n) is 3.23. The maximum absolute atomic E-state index is 12.3. The van der Waals surface area contributed by atoms with Crippen molar-refractivity contribution < 1.29 is 9.78 Å². The van der Waals surface area contributed by atoms with E-state index in [0.29, 0.717) is 6.42 Å². The molecule has 0 spiro atoms. The third kappa shape index (κ3) is 4.17. The summed E-state index contributed by atoms with van der Waals surface area (Å²) in [6, 6.07) is 9.59. The van der Waals surface area contributed by atoms with Crippen LogP contribution in [0.15, 0.2) is 35.4 Å². The molecule has 8 heteroatoms. The van der Waals surface area contributed by atoms with Crippen LogP contribution < -0.4 is 16.1 Å². The molecular formula is C16H16Cl3N4O+. The van der Waals surface area contributed by atoms with Gasteiger partial charge in [-0.3, -0.25) is 4.79 Å². The molecule has 0 atom stereocenters. The van der Waals surface area contributed by atoms with Crippen LogP contribution in [0.25, 0.3) is 0 Å². The lowest BCUT2D eigenvalue weighted by Crippen LogP contribution is -2.29. The molecule has 2 rings (SSSR count). The Morgan fingerprint density at radius 1 is 1.21 bits per heavy atom. The van der Waals surface area contributed by atoms with Gasteiger partial charge in [0.1, 0.15) is 10.0 Å². The van der Waals surface area contributed by atoms with Crippen LogP contribution in [-0.2, 0) is 0 Å². The molecule has 0 saturated carbocycles. The molecule has 1 amide bonds. The van der Waals surface area contributed by atoms with Crippen molar-refractivity contribution in [1.82, 2.24) is 5.43 Å². The van der Waals surface area contributed by atoms with Gasteiger partial charge in [-0.15, -0.1) is 0 Å². The molecule has 0 unspecified atom stereocenters. The summed E-state index contributed by atoms with van der Waals surface area (Å²) >= 11 is 17.8. The minimum Gasteiger partial charge on any atom is -0.396 e. The number of nitrogen functional groups attached to an aromatic ring is 1. The van der Waals surface area contributed by atoms with Gasteiger partial charge in [0.05, 0.1) is 11.4 Å². The highest BCUT2D eigenvalue weighted by Crippen LogP contribution is 2.31. The van der Waals surface area contributed by atoms with Gasteiger partial charge in [-0.1, -0.05) is 66.9 Å². The molecule has 0 aliphatic carbocycles. The molecule has 0 aliphatic heterocycles. The Kier molecular flexibility index (Phi) is 6.43. The summed E-state index contributed by atoms with van der Waals surface area (Å²) in [6.45, 7) is 2.03. The van der Waals surface area contributed by atoms with Crippen molar-refractivity contribution in [1.29, 1.82) is 0 Å². The summed E-state index contributed by atoms with van der Waals surface area (Å²) < 4.78 is 0. The fraction of sp³-hybridized carbons (Fsp3) is 0.188. The maximum atomic E-state index is 12.3. The Bertz CT molecular complexity index is 779. The number of nitrogens with two attached hydrogens (primary N) is 1. The number of carbonyl (C=O) groups excluding carboxylic acids is 1. The van der Waals surface area contributed by atoms with E-state index in [2.05, 4.69) is 15.5 Å². The first-order valence-electron chi connectivity index (χ1n) is 7.23. The second-order valence-corrected chi connectivity index (χ2v) is 6.10. The normalized spacial score (nSPS) is 11.4. The molecule has 0 bridgehead atoms. The zero-order valence-electron chi connectivity index (χ0n) is 12.9. The number of benzene rings is 1. The number of H-pyrrole nitrogens is 1. The molecule has 1 heterocycles. The number of hydrogen-bond donors (Lipinski definition) is 2. The van der Waals surface area contributed by atoms with Crippen molar-refractivity contribution in [2.75, 3.05) is 5.73 Å². The van der Waals surface area contributed by atoms with Gasteiger partial charge >= 0.3 is 5.91 Å². The molecule has 5 nitrogen and oxygen atoms in total. The van der Waals surface area contributed by atoms with Gasteiger partial charge in [-0.2, -0.15) is 10.1 Å². The monoisotopic (exact) mass is 385 g/mol. The average molecular weight is 387 g/mol. The van der Waals surface area contributed by atoms with Crippen LogP contribution in [0, 0.1) is 0 Å². The first kappa shape index (κ1) is 18.5. The number of aromatic nitrogens is 1. The smallest absolute Gasteiger partial charge is 0.337 e. The van der Waals surface area contributed by atoms with E-state index < -0.39 is 5.91 Å². The molecule has 126 valence electrons. The Hall–Kier alpha value is -1.82. The molecule has 0 radical (unpaired) electrons. The summed E-state index contributed by atoms with van der Waals surface area (Å²) in [5.74, 6) is -0.560. The van der Waals surface area contributed by atoms with E-state index >= 15 is 0 Å². The number of amides is 1. The second kappa shape index (κ2) is 8.33. The fourth-order valence-electron chi connectivity index (χ4n) is 2.03. The van der Waals surface area contributed by atoms with Gasteiger partial charge in [0.15, 0.2) is 0 Å². The van der Waals surface area contributed by atoms with Crippen molar-refractivity contribution in [2.24, 2.45) is 5.10 Å². The molecule has 1 aromatic carbocycles. The van der Waals surface area contributed by atoms with Crippen LogP contribution in [0.1, 0.15) is 35.8 Å². The number of hydrogen-bond acceptors (Lipinski definition) is 3. The van der Waals surface area contributed by atoms with E-state index in [0.717, 1.165) is 17.7 Å². The summed E-state index contributed by atoms with van der Waals surface area (Å²) in [6.07, 6.45) is 1.60. The minimum absolute atomic E-state index is 0.00349. The molecule has 0 fully saturated rings. The van der Waals surface area contributed by atoms with E-state index in [1.54, 1.807) is 0 Å². The molecule has 4 N–H and O–H groups in total. The van der Waals surface area contributed by atoms with E-state index in [-0.39, 0.29) is 26.6 Å². The lowest BCUT2D eigenvalue weighted by atomic mass is 10.1. The van der Waals surface area contributed by atoms with Gasteiger partial charge in [-0.25, -0.2) is 5.43 Å². The van der Waals surface area contributed by atoms with E-state index in [1.165, 1.54) is 0 Å². The maximum Gasteiger partial charge on any atom is 0.337 e. The largest absolute Gasteiger partial charge is 0.396 e. The first-order valence-corrected chi connectivity index (χ1v) is 8.36. The number of halogens is 3. The minimum atomic E-state index is -0.560. The first-order chi connectivity index (χ1) is 11.5. The van der Waals surface area contributed by atoms with Crippen molar-refractivity contribution in [3.05, 3.63) is 56.8 Å². The molecule has 0 saturated heterocycles. The quantitative estimate of drug-likeness (QED) is 0.463. The average Bonchev–Trinajstić information content (AvgIpc) is 2.60. The van der Waals surface area contributed by atoms with Crippen LogP contribution in [0.5, 0.6) is 0 Å². The number of aromatic amines is 1. The van der Waals surface area contributed by atoms with Gasteiger partial charge in [0.25, 0.3) is 10.8 Å². The molecule has 2 aromatic rings. The number of nitrogens with zero attached hydrogens (tertiary/aromatic N) is 1. The van der Waals surface area contributed by atoms with E-state index in [4.69, 9.17) is 40.5 Å². The van der Waals surface area contributed by atoms with Crippen LogP contribution in [0.3, 0.4) is 0 Å². The Labute approximate surface area is 154 Å². The lowest BCUT2D eigenvalue weighted by molar-refractivity contribution is -0.379. The topological polar surface area (TPSA) is 81.6 Å². The Morgan fingerprint density at radius 2 is 1.88 bits per heavy atom. The highest BCUT2D eigenvalue weighted by Gasteiger charge is 2.26. The number of anilines is 1. The Morgan fingerprint density at radius 3 is 2.50 bits per heavy atom. The number of pyridine rings is 1. The van der Waals surface area contributed by atoms with Crippen molar-refractivity contribution >= 4 is 52.1 Å². The van der Waals surface area contributed by atoms with E-state index in [9.17, 15) is 4.79 Å². The molecule has 24 heavy (non-hydrogen) atoms. The third-order valence-corrected chi connectivity index (χ3v) is 4.40. The van der Waals surface area contributed by atoms with Crippen molar-refractivity contribution in [3.63, 3.8) is 0 Å². The predicted molar refractivity (Wildman–Crippen MR) is 97.8 cm³/mol. The zero-order valence-corrected chi connectivity index (χ0v) is 15.1. The van der Waals surface area contributed by atoms with Gasteiger partial charge in [0.2, 0.25) is 0 Å². The Balaban J connectivity index is 2.28. The van der Waals surface area contributed by atoms with E-state index in [1.807, 2.05) is 37.3 Å². The van der Waals surface area contributed by atoms with Gasteiger partial charge in [0, 0.05) is 0 Å². The van der Waals surface area contributed by atoms with Gasteiger partial charge in [-0.05, 0) is 23.6 Å². The summed E-state index contributed by atoms with van der Waals surface area (Å²) in [7, 11) is 0. The standard InChI is InChI=1S/C16H15Cl3N4O/c1-2-6-10(9-7-4-3-5-8-9)22-23-16(24)14-11(17)13(20)12(18)15(19)21-14/h3-5,7-8H,2,6H2,1H3,(H2,20,21)(H,23,24)/p+1/b22-10+. The van der Waals surface area contributed by atoms with Crippen molar-refractivity contribution in [3.8, 4) is 0 Å². The molecular weight excluding hydrogens is 371 g/mol. The van der Waals surface area contributed by atoms with Crippen LogP contribution in [0.2, 0.25) is 15.2 Å². The highest BCUT2D eigenvalue weighted by molar-refractivity contribution is 6.45. The fourth-order valence-corrected chi connectivity index (χ4v) is 2.65. The second-order valence-electron chi connectivity index (χ2n) is 4.97. The summed E-state index contributed by atoms with van der Waals surface area (Å²) in [5.41, 5.74) is 9.93.